The molecular weight excluding hydrogens is 444 g/mol. The molecule has 4 aromatic rings. The number of fused-ring (bicyclic) bond motifs is 2. The Morgan fingerprint density at radius 2 is 1.97 bits per heavy atom. The molecule has 2 N–H and O–H groups in total. The Morgan fingerprint density at radius 3 is 2.68 bits per heavy atom. The molecular formula is C23H27F2N7O2. The number of imidazole rings is 1. The number of nitrogens with one attached hydrogen (secondary N) is 2. The molecule has 0 saturated heterocycles. The average molecular weight is 472 g/mol. The summed E-state index contributed by atoms with van der Waals surface area (Å²) in [7, 11) is 3.32. The molecule has 5 rings (SSSR count). The van der Waals surface area contributed by atoms with Crippen LogP contribution < -0.4 is 10.1 Å². The van der Waals surface area contributed by atoms with E-state index in [4.69, 9.17) is 9.47 Å². The van der Waals surface area contributed by atoms with Gasteiger partial charge in [0.1, 0.15) is 11.5 Å². The van der Waals surface area contributed by atoms with E-state index in [-0.39, 0.29) is 6.04 Å². The van der Waals surface area contributed by atoms with Gasteiger partial charge in [-0.25, -0.2) is 18.7 Å². The van der Waals surface area contributed by atoms with Gasteiger partial charge < -0.3 is 24.3 Å². The largest absolute Gasteiger partial charge is 0.480 e. The summed E-state index contributed by atoms with van der Waals surface area (Å²) in [4.78, 5) is 21.2. The summed E-state index contributed by atoms with van der Waals surface area (Å²) in [6, 6.07) is 2.08. The van der Waals surface area contributed by atoms with Crippen molar-refractivity contribution in [3.63, 3.8) is 0 Å². The van der Waals surface area contributed by atoms with Crippen molar-refractivity contribution in [2.24, 2.45) is 0 Å². The molecule has 1 fully saturated rings. The molecule has 0 amide bonds. The SMILES string of the molecule is COc1nc(NC2CCC(OC)CC2)nc2[nH]cc(-c3cnc4nc(C)n(CC(F)F)c4c3)c12. The monoisotopic (exact) mass is 471 g/mol. The third-order valence-electron chi connectivity index (χ3n) is 6.46. The Hall–Kier alpha value is -3.34. The van der Waals surface area contributed by atoms with E-state index in [1.54, 1.807) is 33.5 Å². The first kappa shape index (κ1) is 22.5. The number of alkyl halides is 2. The summed E-state index contributed by atoms with van der Waals surface area (Å²) in [6.07, 6.45) is 5.26. The van der Waals surface area contributed by atoms with E-state index >= 15 is 0 Å². The van der Waals surface area contributed by atoms with Crippen LogP contribution in [0.3, 0.4) is 0 Å². The Labute approximate surface area is 194 Å². The molecule has 1 saturated carbocycles. The van der Waals surface area contributed by atoms with Crippen molar-refractivity contribution in [3.05, 3.63) is 24.3 Å². The Balaban J connectivity index is 1.49. The minimum absolute atomic E-state index is 0.271. The fourth-order valence-corrected chi connectivity index (χ4v) is 4.70. The van der Waals surface area contributed by atoms with Crippen LogP contribution >= 0.6 is 0 Å². The van der Waals surface area contributed by atoms with Crippen molar-refractivity contribution >= 4 is 28.1 Å². The van der Waals surface area contributed by atoms with Gasteiger partial charge in [0.15, 0.2) is 5.65 Å². The van der Waals surface area contributed by atoms with E-state index in [0.29, 0.717) is 46.0 Å². The lowest BCUT2D eigenvalue weighted by Gasteiger charge is -2.28. The molecule has 0 spiro atoms. The highest BCUT2D eigenvalue weighted by molar-refractivity contribution is 5.98. The van der Waals surface area contributed by atoms with Crippen molar-refractivity contribution in [1.29, 1.82) is 0 Å². The van der Waals surface area contributed by atoms with Gasteiger partial charge >= 0.3 is 0 Å². The van der Waals surface area contributed by atoms with Gasteiger partial charge in [-0.05, 0) is 38.7 Å². The van der Waals surface area contributed by atoms with Crippen molar-refractivity contribution in [1.82, 2.24) is 29.5 Å². The predicted molar refractivity (Wildman–Crippen MR) is 124 cm³/mol. The number of aromatic amines is 1. The van der Waals surface area contributed by atoms with Gasteiger partial charge in [-0.1, -0.05) is 0 Å². The van der Waals surface area contributed by atoms with Crippen LogP contribution in [0.5, 0.6) is 5.88 Å². The highest BCUT2D eigenvalue weighted by Crippen LogP contribution is 2.35. The lowest BCUT2D eigenvalue weighted by atomic mass is 9.93. The normalized spacial score (nSPS) is 18.8. The van der Waals surface area contributed by atoms with Gasteiger partial charge in [-0.3, -0.25) is 0 Å². The molecule has 0 aromatic carbocycles. The smallest absolute Gasteiger partial charge is 0.256 e. The lowest BCUT2D eigenvalue weighted by Crippen LogP contribution is -2.29. The lowest BCUT2D eigenvalue weighted by molar-refractivity contribution is 0.0681. The van der Waals surface area contributed by atoms with Crippen LogP contribution in [0.1, 0.15) is 31.5 Å². The van der Waals surface area contributed by atoms with Gasteiger partial charge in [-0.15, -0.1) is 0 Å². The highest BCUT2D eigenvalue weighted by atomic mass is 19.3. The molecule has 4 heterocycles. The number of halogens is 2. The number of hydrogen-bond donors (Lipinski definition) is 2. The number of pyridine rings is 1. The second kappa shape index (κ2) is 9.13. The molecule has 0 bridgehead atoms. The second-order valence-corrected chi connectivity index (χ2v) is 8.56. The fraction of sp³-hybridized carbons (Fsp3) is 0.478. The zero-order valence-electron chi connectivity index (χ0n) is 19.3. The van der Waals surface area contributed by atoms with E-state index in [1.807, 2.05) is 6.07 Å². The maximum Gasteiger partial charge on any atom is 0.256 e. The molecule has 0 atom stereocenters. The minimum atomic E-state index is -2.49. The molecule has 180 valence electrons. The van der Waals surface area contributed by atoms with Crippen LogP contribution in [0.4, 0.5) is 14.7 Å². The third kappa shape index (κ3) is 4.15. The third-order valence-corrected chi connectivity index (χ3v) is 6.46. The van der Waals surface area contributed by atoms with Crippen molar-refractivity contribution in [2.75, 3.05) is 19.5 Å². The summed E-state index contributed by atoms with van der Waals surface area (Å²) < 4.78 is 38.8. The quantitative estimate of drug-likeness (QED) is 0.414. The maximum atomic E-state index is 13.1. The maximum absolute atomic E-state index is 13.1. The number of aromatic nitrogens is 6. The summed E-state index contributed by atoms with van der Waals surface area (Å²) in [5.41, 5.74) is 3.10. The number of anilines is 1. The number of hydrogen-bond acceptors (Lipinski definition) is 7. The van der Waals surface area contributed by atoms with E-state index in [0.717, 1.165) is 36.8 Å². The molecule has 34 heavy (non-hydrogen) atoms. The van der Waals surface area contributed by atoms with Crippen molar-refractivity contribution in [3.8, 4) is 17.0 Å². The summed E-state index contributed by atoms with van der Waals surface area (Å²) >= 11 is 0. The summed E-state index contributed by atoms with van der Waals surface area (Å²) in [5, 5.41) is 4.12. The molecule has 11 heteroatoms. The molecule has 9 nitrogen and oxygen atoms in total. The average Bonchev–Trinajstić information content (AvgIpc) is 3.39. The molecule has 4 aromatic heterocycles. The fourth-order valence-electron chi connectivity index (χ4n) is 4.70. The van der Waals surface area contributed by atoms with E-state index in [2.05, 4.69) is 30.2 Å². The Bertz CT molecular complexity index is 1310. The molecule has 1 aliphatic carbocycles. The van der Waals surface area contributed by atoms with Crippen molar-refractivity contribution < 1.29 is 18.3 Å². The number of aryl methyl sites for hydroxylation is 1. The van der Waals surface area contributed by atoms with E-state index in [1.165, 1.54) is 4.57 Å². The standard InChI is InChI=1S/C23H27F2N7O2/c1-12-28-20-17(32(12)11-18(24)25)8-13(9-26-20)16-10-27-21-19(16)22(34-3)31-23(30-21)29-14-4-6-15(33-2)7-5-14/h8-10,14-15,18H,4-7,11H2,1-3H3,(H2,27,29,30,31). The molecule has 0 aliphatic heterocycles. The van der Waals surface area contributed by atoms with Crippen LogP contribution in [-0.4, -0.2) is 62.3 Å². The molecule has 0 radical (unpaired) electrons. The van der Waals surface area contributed by atoms with Gasteiger partial charge in [0.25, 0.3) is 6.43 Å². The van der Waals surface area contributed by atoms with Gasteiger partial charge in [-0.2, -0.15) is 9.97 Å². The highest BCUT2D eigenvalue weighted by Gasteiger charge is 2.23. The number of methoxy groups -OCH3 is 2. The predicted octanol–water partition coefficient (Wildman–Crippen LogP) is 4.32. The number of H-pyrrole nitrogens is 1. The summed E-state index contributed by atoms with van der Waals surface area (Å²) in [5.74, 6) is 1.42. The topological polar surface area (TPSA) is 103 Å². The van der Waals surface area contributed by atoms with Gasteiger partial charge in [0.2, 0.25) is 11.8 Å². The van der Waals surface area contributed by atoms with E-state index < -0.39 is 13.0 Å². The van der Waals surface area contributed by atoms with Crippen molar-refractivity contribution in [2.45, 2.75) is 57.7 Å². The number of rotatable bonds is 7. The van der Waals surface area contributed by atoms with Gasteiger partial charge in [0.05, 0.1) is 30.7 Å². The van der Waals surface area contributed by atoms with Crippen LogP contribution in [0, 0.1) is 6.92 Å². The Morgan fingerprint density at radius 1 is 1.18 bits per heavy atom. The first-order valence-electron chi connectivity index (χ1n) is 11.3. The molecule has 1 aliphatic rings. The van der Waals surface area contributed by atoms with Crippen LogP contribution in [0.2, 0.25) is 0 Å². The van der Waals surface area contributed by atoms with Crippen LogP contribution in [0.15, 0.2) is 18.5 Å². The van der Waals surface area contributed by atoms with Crippen LogP contribution in [0.25, 0.3) is 33.3 Å². The minimum Gasteiger partial charge on any atom is -0.480 e. The number of nitrogens with zero attached hydrogens (tertiary/aromatic N) is 5. The first-order chi connectivity index (χ1) is 16.5. The Kier molecular flexibility index (Phi) is 6.03. The zero-order chi connectivity index (χ0) is 23.8. The van der Waals surface area contributed by atoms with E-state index in [9.17, 15) is 8.78 Å². The van der Waals surface area contributed by atoms with Crippen LogP contribution in [-0.2, 0) is 11.3 Å². The molecule has 0 unspecified atom stereocenters. The first-order valence-corrected chi connectivity index (χ1v) is 11.3. The second-order valence-electron chi connectivity index (χ2n) is 8.56. The summed E-state index contributed by atoms with van der Waals surface area (Å²) in [6.45, 7) is 1.26. The zero-order valence-corrected chi connectivity index (χ0v) is 19.3. The van der Waals surface area contributed by atoms with Gasteiger partial charge in [0, 0.05) is 36.7 Å². The number of ether oxygens (including phenoxy) is 2.